The molecule has 4 heterocycles. The number of hydrogen-bond acceptors (Lipinski definition) is 6. The minimum absolute atomic E-state index is 0.199. The summed E-state index contributed by atoms with van der Waals surface area (Å²) in [5, 5.41) is 5.69. The molecule has 1 fully saturated rings. The van der Waals surface area contributed by atoms with Crippen molar-refractivity contribution in [1.29, 1.82) is 0 Å². The Balaban J connectivity index is 1.34. The van der Waals surface area contributed by atoms with E-state index >= 15 is 0 Å². The third kappa shape index (κ3) is 5.48. The lowest BCUT2D eigenvalue weighted by Gasteiger charge is -2.35. The number of rotatable bonds is 11. The van der Waals surface area contributed by atoms with Gasteiger partial charge in [-0.2, -0.15) is 0 Å². The highest BCUT2D eigenvalue weighted by molar-refractivity contribution is 6.08. The molecule has 1 aromatic carbocycles. The number of aryl methyl sites for hydroxylation is 2. The summed E-state index contributed by atoms with van der Waals surface area (Å²) < 4.78 is 2.45. The van der Waals surface area contributed by atoms with Crippen molar-refractivity contribution >= 4 is 27.7 Å². The van der Waals surface area contributed by atoms with Gasteiger partial charge >= 0.3 is 0 Å². The number of nitrogens with zero attached hydrogens (tertiary/aromatic N) is 5. The van der Waals surface area contributed by atoms with E-state index in [9.17, 15) is 4.79 Å². The highest BCUT2D eigenvalue weighted by atomic mass is 16.2. The van der Waals surface area contributed by atoms with Gasteiger partial charge in [0.2, 0.25) is 5.91 Å². The van der Waals surface area contributed by atoms with Crippen LogP contribution in [0.1, 0.15) is 55.1 Å². The zero-order chi connectivity index (χ0) is 27.3. The zero-order valence-electron chi connectivity index (χ0n) is 23.4. The number of para-hydroxylation sites is 1. The Morgan fingerprint density at radius 3 is 2.83 bits per heavy atom. The van der Waals surface area contributed by atoms with Gasteiger partial charge in [0, 0.05) is 61.4 Å². The molecular formula is C32H41N7O. The largest absolute Gasteiger partial charge is 0.340 e. The van der Waals surface area contributed by atoms with E-state index in [-0.39, 0.29) is 11.9 Å². The van der Waals surface area contributed by atoms with Gasteiger partial charge in [0.05, 0.1) is 29.5 Å². The summed E-state index contributed by atoms with van der Waals surface area (Å²) in [6, 6.07) is 15.4. The fourth-order valence-corrected chi connectivity index (χ4v) is 6.66. The molecule has 1 aliphatic heterocycles. The number of hydrogen-bond donors (Lipinski definition) is 2. The molecule has 40 heavy (non-hydrogen) atoms. The fraction of sp³-hybridized carbons (Fsp3) is 0.469. The second kappa shape index (κ2) is 12.5. The molecule has 1 amide bonds. The molecule has 0 bridgehead atoms. The van der Waals surface area contributed by atoms with Crippen LogP contribution in [0.4, 0.5) is 0 Å². The van der Waals surface area contributed by atoms with Crippen LogP contribution in [0.3, 0.4) is 0 Å². The Morgan fingerprint density at radius 2 is 1.93 bits per heavy atom. The van der Waals surface area contributed by atoms with Gasteiger partial charge in [-0.15, -0.1) is 0 Å². The van der Waals surface area contributed by atoms with Gasteiger partial charge in [-0.1, -0.05) is 24.3 Å². The second-order valence-electron chi connectivity index (χ2n) is 11.2. The second-order valence-corrected chi connectivity index (χ2v) is 11.2. The molecule has 0 unspecified atom stereocenters. The fourth-order valence-electron chi connectivity index (χ4n) is 6.66. The maximum absolute atomic E-state index is 12.4. The van der Waals surface area contributed by atoms with Crippen molar-refractivity contribution < 1.29 is 4.79 Å². The highest BCUT2D eigenvalue weighted by Crippen LogP contribution is 2.36. The molecule has 3 N–H and O–H groups in total. The van der Waals surface area contributed by atoms with Gasteiger partial charge < -0.3 is 20.5 Å². The normalized spacial score (nSPS) is 17.7. The lowest BCUT2D eigenvalue weighted by molar-refractivity contribution is -0.131. The van der Waals surface area contributed by atoms with E-state index in [1.54, 1.807) is 0 Å². The molecule has 210 valence electrons. The molecule has 4 aromatic rings. The molecule has 3 aromatic heterocycles. The van der Waals surface area contributed by atoms with Gasteiger partial charge in [0.1, 0.15) is 0 Å². The minimum Gasteiger partial charge on any atom is -0.340 e. The Labute approximate surface area is 236 Å². The summed E-state index contributed by atoms with van der Waals surface area (Å²) in [7, 11) is 0. The minimum atomic E-state index is 0.199. The first-order chi connectivity index (χ1) is 19.7. The van der Waals surface area contributed by atoms with Crippen LogP contribution in [0.2, 0.25) is 0 Å². The molecule has 8 heteroatoms. The Kier molecular flexibility index (Phi) is 8.37. The van der Waals surface area contributed by atoms with E-state index in [0.29, 0.717) is 13.1 Å². The van der Waals surface area contributed by atoms with Gasteiger partial charge in [0.15, 0.2) is 0 Å². The summed E-state index contributed by atoms with van der Waals surface area (Å²) in [6.45, 7) is 6.19. The van der Waals surface area contributed by atoms with Crippen molar-refractivity contribution in [2.45, 2.75) is 57.7 Å². The molecule has 1 aliphatic carbocycles. The number of nitrogens with one attached hydrogen (secondary N) is 1. The zero-order valence-corrected chi connectivity index (χ0v) is 23.4. The van der Waals surface area contributed by atoms with Gasteiger partial charge in [-0.3, -0.25) is 19.7 Å². The smallest absolute Gasteiger partial charge is 0.236 e. The van der Waals surface area contributed by atoms with Crippen molar-refractivity contribution in [3.63, 3.8) is 0 Å². The topological polar surface area (TPSA) is 92.3 Å². The molecule has 6 rings (SSSR count). The number of carbonyl (C=O) groups is 1. The molecule has 1 atom stereocenters. The van der Waals surface area contributed by atoms with E-state index in [0.717, 1.165) is 77.1 Å². The van der Waals surface area contributed by atoms with Crippen LogP contribution in [-0.2, 0) is 24.3 Å². The standard InChI is InChI=1S/C32H41N7O/c33-14-3-4-18-38(29-12-5-8-24-9-6-15-36-31(24)29)23-27-32-26(13-16-35-27)25-10-1-2-11-28(25)39(32)20-7-19-37-21-17-34-22-30(37)40/h1-2,6,9-11,13,15-16,29,34H,3-5,7-8,12,14,17-23,33H2/t29-/m0/s1. The van der Waals surface area contributed by atoms with Crippen molar-refractivity contribution in [2.75, 3.05) is 39.3 Å². The number of nitrogens with two attached hydrogens (primary N) is 1. The third-order valence-electron chi connectivity index (χ3n) is 8.61. The quantitative estimate of drug-likeness (QED) is 0.280. The lowest BCUT2D eigenvalue weighted by atomic mass is 9.90. The van der Waals surface area contributed by atoms with E-state index < -0.39 is 0 Å². The van der Waals surface area contributed by atoms with Crippen LogP contribution in [0.5, 0.6) is 0 Å². The summed E-state index contributed by atoms with van der Waals surface area (Å²) in [5.74, 6) is 0.199. The first-order valence-corrected chi connectivity index (χ1v) is 15.0. The van der Waals surface area contributed by atoms with Crippen molar-refractivity contribution in [3.8, 4) is 0 Å². The molecule has 2 aliphatic rings. The number of aromatic nitrogens is 3. The first kappa shape index (κ1) is 26.9. The lowest BCUT2D eigenvalue weighted by Crippen LogP contribution is -2.48. The van der Waals surface area contributed by atoms with Gasteiger partial charge in [0.25, 0.3) is 0 Å². The highest BCUT2D eigenvalue weighted by Gasteiger charge is 2.28. The molecule has 1 saturated heterocycles. The van der Waals surface area contributed by atoms with Crippen LogP contribution in [0.25, 0.3) is 21.8 Å². The number of piperazine rings is 1. The number of carbonyl (C=O) groups excluding carboxylic acids is 1. The van der Waals surface area contributed by atoms with Crippen molar-refractivity contribution in [2.24, 2.45) is 5.73 Å². The van der Waals surface area contributed by atoms with Crippen LogP contribution in [0, 0.1) is 0 Å². The number of amides is 1. The predicted octanol–water partition coefficient (Wildman–Crippen LogP) is 4.02. The average molecular weight is 540 g/mol. The average Bonchev–Trinajstić information content (AvgIpc) is 3.32. The third-order valence-corrected chi connectivity index (χ3v) is 8.61. The molecular weight excluding hydrogens is 498 g/mol. The van der Waals surface area contributed by atoms with Crippen LogP contribution in [-0.4, -0.2) is 69.5 Å². The number of benzene rings is 1. The predicted molar refractivity (Wildman–Crippen MR) is 160 cm³/mol. The van der Waals surface area contributed by atoms with E-state index in [1.165, 1.54) is 39.5 Å². The molecule has 0 spiro atoms. The van der Waals surface area contributed by atoms with E-state index in [1.807, 2.05) is 17.3 Å². The van der Waals surface area contributed by atoms with Crippen molar-refractivity contribution in [3.05, 3.63) is 71.8 Å². The Bertz CT molecular complexity index is 1460. The first-order valence-electron chi connectivity index (χ1n) is 15.0. The molecule has 0 radical (unpaired) electrons. The van der Waals surface area contributed by atoms with E-state index in [4.69, 9.17) is 15.7 Å². The Hall–Kier alpha value is -3.33. The van der Waals surface area contributed by atoms with Crippen LogP contribution < -0.4 is 11.1 Å². The summed E-state index contributed by atoms with van der Waals surface area (Å²) >= 11 is 0. The molecule has 0 saturated carbocycles. The Morgan fingerprint density at radius 1 is 1.00 bits per heavy atom. The maximum Gasteiger partial charge on any atom is 0.236 e. The maximum atomic E-state index is 12.4. The van der Waals surface area contributed by atoms with Crippen LogP contribution in [0.15, 0.2) is 54.9 Å². The summed E-state index contributed by atoms with van der Waals surface area (Å²) in [6.07, 6.45) is 10.3. The monoisotopic (exact) mass is 539 g/mol. The van der Waals surface area contributed by atoms with E-state index in [2.05, 4.69) is 57.2 Å². The SMILES string of the molecule is NCCCCN(Cc1nccc2c3ccccc3n(CCCN3CCNCC3=O)c12)[C@H]1CCCc2cccnc21. The van der Waals surface area contributed by atoms with Crippen molar-refractivity contribution in [1.82, 2.24) is 29.7 Å². The molecule has 8 nitrogen and oxygen atoms in total. The van der Waals surface area contributed by atoms with Gasteiger partial charge in [-0.05, 0) is 75.4 Å². The van der Waals surface area contributed by atoms with Crippen LogP contribution >= 0.6 is 0 Å². The number of pyridine rings is 2. The number of fused-ring (bicyclic) bond motifs is 4. The summed E-state index contributed by atoms with van der Waals surface area (Å²) in [5.41, 5.74) is 12.1. The summed E-state index contributed by atoms with van der Waals surface area (Å²) in [4.78, 5) is 26.8. The van der Waals surface area contributed by atoms with Gasteiger partial charge in [-0.25, -0.2) is 0 Å². The number of unbranched alkanes of at least 4 members (excludes halogenated alkanes) is 1.